The number of carboxylic acids is 1. The van der Waals surface area contributed by atoms with Crippen LogP contribution in [0.1, 0.15) is 6.42 Å². The van der Waals surface area contributed by atoms with Gasteiger partial charge in [-0.1, -0.05) is 12.2 Å². The third-order valence-corrected chi connectivity index (χ3v) is 1.66. The molecule has 0 spiro atoms. The third kappa shape index (κ3) is 3.04. The first-order chi connectivity index (χ1) is 5.29. The zero-order valence-electron chi connectivity index (χ0n) is 5.73. The van der Waals surface area contributed by atoms with E-state index in [4.69, 9.17) is 5.11 Å². The fourth-order valence-electron chi connectivity index (χ4n) is 0.622. The maximum Gasteiger partial charge on any atom is 0.309 e. The van der Waals surface area contributed by atoms with Crippen LogP contribution in [0.2, 0.25) is 0 Å². The van der Waals surface area contributed by atoms with Gasteiger partial charge < -0.3 is 5.11 Å². The number of rotatable bonds is 2. The Kier molecular flexibility index (Phi) is 2.92. The highest BCUT2D eigenvalue weighted by atomic mass is 32.2. The van der Waals surface area contributed by atoms with Crippen LogP contribution < -0.4 is 0 Å². The van der Waals surface area contributed by atoms with E-state index in [0.29, 0.717) is 5.71 Å². The van der Waals surface area contributed by atoms with Gasteiger partial charge in [0, 0.05) is 11.9 Å². The minimum Gasteiger partial charge on any atom is -0.481 e. The summed E-state index contributed by atoms with van der Waals surface area (Å²) in [4.78, 5) is 10.2. The van der Waals surface area contributed by atoms with E-state index in [-0.39, 0.29) is 6.42 Å². The van der Waals surface area contributed by atoms with E-state index in [0.717, 1.165) is 0 Å². The van der Waals surface area contributed by atoms with Crippen LogP contribution in [0.15, 0.2) is 28.0 Å². The van der Waals surface area contributed by atoms with E-state index in [1.807, 2.05) is 6.08 Å². The maximum absolute atomic E-state index is 10.2. The lowest BCUT2D eigenvalue weighted by atomic mass is 10.2. The molecule has 0 atom stereocenters. The zero-order chi connectivity index (χ0) is 8.10. The number of carboxylic acid groups (broad SMARTS) is 1. The number of carbonyl (C=O) groups is 1. The molecule has 0 fully saturated rings. The largest absolute Gasteiger partial charge is 0.481 e. The highest BCUT2D eigenvalue weighted by molar-refractivity contribution is 8.01. The lowest BCUT2D eigenvalue weighted by Gasteiger charge is -1.91. The normalized spacial score (nSPS) is 15.8. The van der Waals surface area contributed by atoms with Crippen molar-refractivity contribution in [2.45, 2.75) is 6.42 Å². The summed E-state index contributed by atoms with van der Waals surface area (Å²) in [5.74, 6) is -0.851. The lowest BCUT2D eigenvalue weighted by Crippen LogP contribution is -2.02. The quantitative estimate of drug-likeness (QED) is 0.639. The fourth-order valence-corrected chi connectivity index (χ4v) is 1.10. The highest BCUT2D eigenvalue weighted by Gasteiger charge is 2.02. The van der Waals surface area contributed by atoms with Crippen molar-refractivity contribution in [2.24, 2.45) is 4.40 Å². The SMILES string of the molecule is O=C(O)CC1=NSC=CC=C1. The van der Waals surface area contributed by atoms with Gasteiger partial charge in [0.15, 0.2) is 0 Å². The minimum atomic E-state index is -0.851. The Bertz CT molecular complexity index is 243. The first-order valence-corrected chi connectivity index (χ1v) is 3.90. The summed E-state index contributed by atoms with van der Waals surface area (Å²) in [7, 11) is 0. The molecule has 1 aliphatic heterocycles. The molecular weight excluding hydrogens is 162 g/mol. The molecule has 0 radical (unpaired) electrons. The van der Waals surface area contributed by atoms with Gasteiger partial charge in [0.1, 0.15) is 0 Å². The van der Waals surface area contributed by atoms with Crippen LogP contribution in [-0.2, 0) is 4.79 Å². The van der Waals surface area contributed by atoms with E-state index in [1.165, 1.54) is 11.9 Å². The van der Waals surface area contributed by atoms with Crippen molar-refractivity contribution in [3.05, 3.63) is 23.6 Å². The second-order valence-corrected chi connectivity index (χ2v) is 2.61. The van der Waals surface area contributed by atoms with Crippen molar-refractivity contribution in [1.82, 2.24) is 0 Å². The van der Waals surface area contributed by atoms with Crippen LogP contribution in [0, 0.1) is 0 Å². The lowest BCUT2D eigenvalue weighted by molar-refractivity contribution is -0.135. The van der Waals surface area contributed by atoms with Crippen molar-refractivity contribution in [3.63, 3.8) is 0 Å². The van der Waals surface area contributed by atoms with Gasteiger partial charge in [-0.05, 0) is 11.5 Å². The highest BCUT2D eigenvalue weighted by Crippen LogP contribution is 2.09. The van der Waals surface area contributed by atoms with E-state index < -0.39 is 5.97 Å². The molecule has 0 bridgehead atoms. The molecule has 0 aromatic rings. The molecule has 0 amide bonds. The zero-order valence-corrected chi connectivity index (χ0v) is 6.54. The van der Waals surface area contributed by atoms with Gasteiger partial charge in [0.25, 0.3) is 0 Å². The molecule has 1 heterocycles. The smallest absolute Gasteiger partial charge is 0.309 e. The second kappa shape index (κ2) is 3.98. The Hall–Kier alpha value is -1.03. The molecule has 1 N–H and O–H groups in total. The summed E-state index contributed by atoms with van der Waals surface area (Å²) < 4.78 is 3.94. The molecular formula is C7H7NO2S. The van der Waals surface area contributed by atoms with Crippen molar-refractivity contribution < 1.29 is 9.90 Å². The van der Waals surface area contributed by atoms with Gasteiger partial charge in [-0.2, -0.15) is 0 Å². The molecule has 0 saturated heterocycles. The topological polar surface area (TPSA) is 49.7 Å². The van der Waals surface area contributed by atoms with Crippen LogP contribution in [0.25, 0.3) is 0 Å². The van der Waals surface area contributed by atoms with E-state index in [2.05, 4.69) is 4.40 Å². The minimum absolute atomic E-state index is 0.00875. The molecule has 3 nitrogen and oxygen atoms in total. The van der Waals surface area contributed by atoms with E-state index in [1.54, 1.807) is 17.6 Å². The number of hydrogen-bond acceptors (Lipinski definition) is 3. The van der Waals surface area contributed by atoms with Crippen LogP contribution in [-0.4, -0.2) is 16.8 Å². The standard InChI is InChI=1S/C7H7NO2S/c9-7(10)5-6-3-1-2-4-11-8-6/h1-4H,5H2,(H,9,10). The second-order valence-electron chi connectivity index (χ2n) is 1.95. The molecule has 1 aliphatic rings. The maximum atomic E-state index is 10.2. The van der Waals surface area contributed by atoms with Gasteiger partial charge in [-0.25, -0.2) is 4.40 Å². The van der Waals surface area contributed by atoms with Crippen molar-refractivity contribution in [2.75, 3.05) is 0 Å². The molecule has 4 heteroatoms. The van der Waals surface area contributed by atoms with Gasteiger partial charge in [0.2, 0.25) is 0 Å². The van der Waals surface area contributed by atoms with Gasteiger partial charge in [-0.15, -0.1) is 0 Å². The first kappa shape index (κ1) is 8.07. The Morgan fingerprint density at radius 2 is 2.45 bits per heavy atom. The van der Waals surface area contributed by atoms with Gasteiger partial charge in [-0.3, -0.25) is 4.79 Å². The predicted octanol–water partition coefficient (Wildman–Crippen LogP) is 1.63. The Balaban J connectivity index is 2.58. The summed E-state index contributed by atoms with van der Waals surface area (Å²) in [6, 6.07) is 0. The third-order valence-electron chi connectivity index (χ3n) is 1.04. The summed E-state index contributed by atoms with van der Waals surface area (Å²) >= 11 is 1.25. The molecule has 1 rings (SSSR count). The fraction of sp³-hybridized carbons (Fsp3) is 0.143. The molecule has 0 aliphatic carbocycles. The average Bonchev–Trinajstić information content (AvgIpc) is 2.14. The van der Waals surface area contributed by atoms with Gasteiger partial charge in [0.05, 0.1) is 12.1 Å². The Morgan fingerprint density at radius 1 is 1.64 bits per heavy atom. The van der Waals surface area contributed by atoms with Crippen LogP contribution in [0.3, 0.4) is 0 Å². The molecule has 0 aromatic carbocycles. The van der Waals surface area contributed by atoms with Crippen LogP contribution in [0.4, 0.5) is 0 Å². The van der Waals surface area contributed by atoms with Crippen molar-refractivity contribution in [1.29, 1.82) is 0 Å². The first-order valence-electron chi connectivity index (χ1n) is 3.07. The number of allylic oxidation sites excluding steroid dienone is 3. The summed E-state index contributed by atoms with van der Waals surface area (Å²) in [5.41, 5.74) is 0.590. The molecule has 58 valence electrons. The number of hydrogen-bond donors (Lipinski definition) is 1. The number of nitrogens with zero attached hydrogens (tertiary/aromatic N) is 1. The van der Waals surface area contributed by atoms with Gasteiger partial charge >= 0.3 is 5.97 Å². The van der Waals surface area contributed by atoms with Crippen LogP contribution >= 0.6 is 11.9 Å². The Morgan fingerprint density at radius 3 is 3.18 bits per heavy atom. The predicted molar refractivity (Wildman–Crippen MR) is 45.6 cm³/mol. The number of aliphatic carboxylic acids is 1. The molecule has 0 unspecified atom stereocenters. The van der Waals surface area contributed by atoms with Crippen molar-refractivity contribution in [3.8, 4) is 0 Å². The summed E-state index contributed by atoms with van der Waals surface area (Å²) in [5, 5.41) is 10.2. The Labute approximate surface area is 68.7 Å². The van der Waals surface area contributed by atoms with E-state index >= 15 is 0 Å². The summed E-state index contributed by atoms with van der Waals surface area (Å²) in [6.45, 7) is 0. The van der Waals surface area contributed by atoms with E-state index in [9.17, 15) is 4.79 Å². The molecule has 11 heavy (non-hydrogen) atoms. The average molecular weight is 169 g/mol. The molecule has 0 aromatic heterocycles. The summed E-state index contributed by atoms with van der Waals surface area (Å²) in [6.07, 6.45) is 5.29. The monoisotopic (exact) mass is 169 g/mol. The van der Waals surface area contributed by atoms with Crippen LogP contribution in [0.5, 0.6) is 0 Å². The van der Waals surface area contributed by atoms with Crippen molar-refractivity contribution >= 4 is 23.6 Å². The molecule has 0 saturated carbocycles.